The third kappa shape index (κ3) is 3.83. The Morgan fingerprint density at radius 1 is 0.184 bits per heavy atom. The van der Waals surface area contributed by atoms with E-state index >= 15 is 0 Å². The quantitative estimate of drug-likeness (QED) is 0.138. The van der Waals surface area contributed by atoms with Crippen molar-refractivity contribution in [3.63, 3.8) is 0 Å². The van der Waals surface area contributed by atoms with Crippen LogP contribution in [0.2, 0.25) is 0 Å². The van der Waals surface area contributed by atoms with E-state index in [1.807, 2.05) is 0 Å². The first-order valence-corrected chi connectivity index (χ1v) is 18.2. The molecule has 0 heterocycles. The van der Waals surface area contributed by atoms with Gasteiger partial charge in [0.1, 0.15) is 0 Å². The zero-order chi connectivity index (χ0) is 36.0. The molecule has 0 amide bonds. The number of nitrogens with one attached hydrogen (secondary N) is 1. The van der Waals surface area contributed by atoms with Crippen LogP contribution < -0.4 is 5.32 Å². The zero-order valence-electron chi connectivity index (χ0n) is 33.5. The second-order valence-electron chi connectivity index (χ2n) is 15.8. The van der Waals surface area contributed by atoms with Crippen molar-refractivity contribution in [2.24, 2.45) is 0 Å². The summed E-state index contributed by atoms with van der Waals surface area (Å²) in [4.78, 5) is 0. The van der Waals surface area contributed by atoms with Crippen molar-refractivity contribution < 1.29 is 0 Å². The van der Waals surface area contributed by atoms with Crippen molar-refractivity contribution in [3.8, 4) is 0 Å². The number of benzene rings is 7. The zero-order valence-corrected chi connectivity index (χ0v) is 33.5. The highest BCUT2D eigenvalue weighted by Gasteiger charge is 2.28. The molecule has 1 N–H and O–H groups in total. The van der Waals surface area contributed by atoms with Crippen LogP contribution in [-0.4, -0.2) is 7.05 Å². The summed E-state index contributed by atoms with van der Waals surface area (Å²) in [6, 6.07) is 0. The van der Waals surface area contributed by atoms with Crippen LogP contribution >= 0.6 is 0 Å². The first-order valence-electron chi connectivity index (χ1n) is 18.2. The van der Waals surface area contributed by atoms with E-state index in [-0.39, 0.29) is 0 Å². The molecule has 0 saturated heterocycles. The van der Waals surface area contributed by atoms with Gasteiger partial charge < -0.3 is 5.32 Å². The number of anilines is 1. The molecular weight excluding hydrogens is 591 g/mol. The molecule has 0 radical (unpaired) electrons. The first kappa shape index (κ1) is 33.4. The molecule has 252 valence electrons. The third-order valence-electron chi connectivity index (χ3n) is 14.1. The van der Waals surface area contributed by atoms with Gasteiger partial charge in [0.2, 0.25) is 0 Å². The summed E-state index contributed by atoms with van der Waals surface area (Å²) in [5.74, 6) is 0. The van der Waals surface area contributed by atoms with Gasteiger partial charge in [-0.2, -0.15) is 0 Å². The maximum Gasteiger partial charge on any atom is 0.0406 e. The van der Waals surface area contributed by atoms with Crippen LogP contribution in [-0.2, 0) is 0 Å². The lowest BCUT2D eigenvalue weighted by Crippen LogP contribution is -2.06. The number of aryl methyl sites for hydroxylation is 10. The monoisotopic (exact) mass is 645 g/mol. The number of fused-ring (bicyclic) bond motifs is 12. The smallest absolute Gasteiger partial charge is 0.0406 e. The van der Waals surface area contributed by atoms with Gasteiger partial charge in [0.15, 0.2) is 0 Å². The lowest BCUT2D eigenvalue weighted by atomic mass is 9.75. The fraction of sp³-hybridized carbons (Fsp3) is 0.375. The van der Waals surface area contributed by atoms with Crippen LogP contribution in [0.25, 0.3) is 64.6 Å². The van der Waals surface area contributed by atoms with Gasteiger partial charge >= 0.3 is 0 Å². The molecule has 0 aliphatic heterocycles. The van der Waals surface area contributed by atoms with Crippen LogP contribution in [0.15, 0.2) is 0 Å². The van der Waals surface area contributed by atoms with E-state index in [1.165, 1.54) is 165 Å². The van der Waals surface area contributed by atoms with Crippen LogP contribution in [0, 0.1) is 118 Å². The predicted octanol–water partition coefficient (Wildman–Crippen LogP) is 13.9. The van der Waals surface area contributed by atoms with Gasteiger partial charge in [-0.05, 0) is 277 Å². The number of hydrogen-bond acceptors (Lipinski definition) is 1. The van der Waals surface area contributed by atoms with E-state index in [1.54, 1.807) is 0 Å². The fourth-order valence-electron chi connectivity index (χ4n) is 10.2. The Hall–Kier alpha value is -4.10. The molecule has 0 bridgehead atoms. The Balaban J connectivity index is 2.06. The molecule has 0 unspecified atom stereocenters. The topological polar surface area (TPSA) is 12.0 Å². The molecular formula is C48H55N. The van der Waals surface area contributed by atoms with Gasteiger partial charge in [-0.25, -0.2) is 0 Å². The van der Waals surface area contributed by atoms with E-state index in [2.05, 4.69) is 130 Å². The minimum atomic E-state index is 1.27. The second-order valence-corrected chi connectivity index (χ2v) is 15.8. The van der Waals surface area contributed by atoms with Gasteiger partial charge in [0.05, 0.1) is 0 Å². The number of rotatable bonds is 1. The molecule has 7 aromatic rings. The minimum absolute atomic E-state index is 1.27. The summed E-state index contributed by atoms with van der Waals surface area (Å²) in [7, 11) is 2.08. The molecule has 0 saturated carbocycles. The molecule has 1 nitrogen and oxygen atoms in total. The lowest BCUT2D eigenvalue weighted by Gasteiger charge is -2.29. The van der Waals surface area contributed by atoms with E-state index in [4.69, 9.17) is 0 Å². The van der Waals surface area contributed by atoms with Crippen LogP contribution in [0.5, 0.6) is 0 Å². The average molecular weight is 646 g/mol. The summed E-state index contributed by atoms with van der Waals surface area (Å²) < 4.78 is 0. The Kier molecular flexibility index (Phi) is 7.29. The predicted molar refractivity (Wildman–Crippen MR) is 222 cm³/mol. The molecule has 0 fully saturated rings. The van der Waals surface area contributed by atoms with Gasteiger partial charge in [0.25, 0.3) is 0 Å². The highest BCUT2D eigenvalue weighted by Crippen LogP contribution is 2.53. The Labute approximate surface area is 294 Å². The highest BCUT2D eigenvalue weighted by atomic mass is 14.8. The molecule has 7 aromatic carbocycles. The van der Waals surface area contributed by atoms with E-state index in [0.717, 1.165) is 0 Å². The number of hydrogen-bond donors (Lipinski definition) is 1. The highest BCUT2D eigenvalue weighted by molar-refractivity contribution is 6.38. The summed E-state index contributed by atoms with van der Waals surface area (Å²) in [5.41, 5.74) is 25.2. The maximum absolute atomic E-state index is 3.62. The largest absolute Gasteiger partial charge is 0.388 e. The molecule has 0 aromatic heterocycles. The van der Waals surface area contributed by atoms with Crippen molar-refractivity contribution in [1.82, 2.24) is 0 Å². The fourth-order valence-corrected chi connectivity index (χ4v) is 10.2. The molecule has 49 heavy (non-hydrogen) atoms. The second kappa shape index (κ2) is 10.7. The lowest BCUT2D eigenvalue weighted by molar-refractivity contribution is 1.24. The molecule has 0 aliphatic carbocycles. The van der Waals surface area contributed by atoms with Crippen molar-refractivity contribution in [1.29, 1.82) is 0 Å². The molecule has 1 heteroatoms. The molecule has 0 atom stereocenters. The SMILES string of the molecule is CNc1c(C)c(C)c2c(c1C)c1c(C)c(C)c(C)c(C)c1c1c(C)c3c4c(C)c(C)c(C)c(C)c4c4c(C)c(C)c(C)c(C)c4c3c(C)c21. The van der Waals surface area contributed by atoms with Gasteiger partial charge in [-0.3, -0.25) is 0 Å². The van der Waals surface area contributed by atoms with Crippen molar-refractivity contribution in [2.45, 2.75) is 118 Å². The third-order valence-corrected chi connectivity index (χ3v) is 14.1. The van der Waals surface area contributed by atoms with Crippen LogP contribution in [0.4, 0.5) is 5.69 Å². The van der Waals surface area contributed by atoms with Crippen molar-refractivity contribution in [3.05, 3.63) is 94.6 Å². The molecule has 0 aliphatic rings. The Morgan fingerprint density at radius 2 is 0.347 bits per heavy atom. The van der Waals surface area contributed by atoms with E-state index < -0.39 is 0 Å². The summed E-state index contributed by atoms with van der Waals surface area (Å²) in [5, 5.41) is 21.0. The Bertz CT molecular complexity index is 2730. The normalized spacial score (nSPS) is 12.3. The summed E-state index contributed by atoms with van der Waals surface area (Å²) in [6.45, 7) is 40.2. The summed E-state index contributed by atoms with van der Waals surface area (Å²) >= 11 is 0. The van der Waals surface area contributed by atoms with Crippen LogP contribution in [0.3, 0.4) is 0 Å². The van der Waals surface area contributed by atoms with Gasteiger partial charge in [0, 0.05) is 12.7 Å². The van der Waals surface area contributed by atoms with Crippen LogP contribution in [0.1, 0.15) is 94.6 Å². The van der Waals surface area contributed by atoms with E-state index in [0.29, 0.717) is 0 Å². The summed E-state index contributed by atoms with van der Waals surface area (Å²) in [6.07, 6.45) is 0. The molecule has 0 spiro atoms. The van der Waals surface area contributed by atoms with Gasteiger partial charge in [-0.1, -0.05) is 0 Å². The standard InChI is InChI=1S/C48H55N/c1-19-21(3)27(9)38-36(25(19)7)37-26(8)20(2)22(4)28(10)39(37)44-34(16)46-42-31(13)32(14)48(49-18)35(17)47(42)41-30(12)24(6)23(5)29(11)40(41)45(46)33(15)43(38)44/h49H,1-18H3. The average Bonchev–Trinajstić information content (AvgIpc) is 3.08. The first-order chi connectivity index (χ1) is 22.9. The minimum Gasteiger partial charge on any atom is -0.388 e. The van der Waals surface area contributed by atoms with Crippen molar-refractivity contribution in [2.75, 3.05) is 12.4 Å². The molecule has 7 rings (SSSR count). The Morgan fingerprint density at radius 3 is 0.551 bits per heavy atom. The van der Waals surface area contributed by atoms with Gasteiger partial charge in [-0.15, -0.1) is 0 Å². The maximum atomic E-state index is 3.62. The van der Waals surface area contributed by atoms with Crippen molar-refractivity contribution >= 4 is 70.3 Å². The van der Waals surface area contributed by atoms with E-state index in [9.17, 15) is 0 Å².